The molecule has 0 aromatic rings. The maximum absolute atomic E-state index is 12.7. The van der Waals surface area contributed by atoms with Crippen LogP contribution >= 0.6 is 0 Å². The van der Waals surface area contributed by atoms with Gasteiger partial charge in [-0.15, -0.1) is 0 Å². The molecule has 0 bridgehead atoms. The third-order valence-electron chi connectivity index (χ3n) is 4.06. The highest BCUT2D eigenvalue weighted by Crippen LogP contribution is 2.31. The van der Waals surface area contributed by atoms with Crippen molar-refractivity contribution in [1.29, 1.82) is 0 Å². The first-order chi connectivity index (χ1) is 10.1. The van der Waals surface area contributed by atoms with Gasteiger partial charge in [0.25, 0.3) is 0 Å². The third-order valence-corrected chi connectivity index (χ3v) is 4.06. The van der Waals surface area contributed by atoms with Gasteiger partial charge in [-0.25, -0.2) is 0 Å². The molecular weight excluding hydrogens is 295 g/mol. The van der Waals surface area contributed by atoms with E-state index in [1.54, 1.807) is 6.92 Å². The SMILES string of the molecule is C=C(OCCN1CCC(O)(C(=C)C)CC1)/C(=C\C)C(F)(F)F. The molecule has 3 nitrogen and oxygen atoms in total. The van der Waals surface area contributed by atoms with Gasteiger partial charge in [-0.3, -0.25) is 4.90 Å². The van der Waals surface area contributed by atoms with Crippen LogP contribution in [0.25, 0.3) is 0 Å². The first-order valence-electron chi connectivity index (χ1n) is 7.26. The van der Waals surface area contributed by atoms with Gasteiger partial charge in [0.2, 0.25) is 0 Å². The number of hydrogen-bond donors (Lipinski definition) is 1. The maximum atomic E-state index is 12.7. The molecule has 1 N–H and O–H groups in total. The Balaban J connectivity index is 2.38. The van der Waals surface area contributed by atoms with E-state index in [2.05, 4.69) is 13.2 Å². The summed E-state index contributed by atoms with van der Waals surface area (Å²) in [5, 5.41) is 10.3. The van der Waals surface area contributed by atoms with Crippen LogP contribution in [0.2, 0.25) is 0 Å². The number of halogens is 3. The number of piperidine rings is 1. The number of ether oxygens (including phenoxy) is 1. The van der Waals surface area contributed by atoms with Gasteiger partial charge in [0.15, 0.2) is 0 Å². The van der Waals surface area contributed by atoms with Crippen LogP contribution in [0.1, 0.15) is 26.7 Å². The Hall–Kier alpha value is -1.27. The second-order valence-electron chi connectivity index (χ2n) is 5.63. The summed E-state index contributed by atoms with van der Waals surface area (Å²) >= 11 is 0. The molecule has 0 aromatic carbocycles. The number of alkyl halides is 3. The van der Waals surface area contributed by atoms with Crippen molar-refractivity contribution in [3.05, 3.63) is 36.1 Å². The van der Waals surface area contributed by atoms with Gasteiger partial charge in [0.1, 0.15) is 12.4 Å². The van der Waals surface area contributed by atoms with E-state index in [0.717, 1.165) is 11.6 Å². The van der Waals surface area contributed by atoms with E-state index < -0.39 is 17.4 Å². The van der Waals surface area contributed by atoms with Gasteiger partial charge in [0.05, 0.1) is 11.2 Å². The largest absolute Gasteiger partial charge is 0.492 e. The zero-order chi connectivity index (χ0) is 17.0. The fourth-order valence-corrected chi connectivity index (χ4v) is 2.43. The molecule has 1 saturated heterocycles. The topological polar surface area (TPSA) is 32.7 Å². The Bertz CT molecular complexity index is 447. The van der Waals surface area contributed by atoms with Crippen LogP contribution in [0.4, 0.5) is 13.2 Å². The predicted molar refractivity (Wildman–Crippen MR) is 80.3 cm³/mol. The van der Waals surface area contributed by atoms with E-state index in [-0.39, 0.29) is 12.4 Å². The average molecular weight is 319 g/mol. The molecule has 0 amide bonds. The van der Waals surface area contributed by atoms with E-state index in [1.807, 2.05) is 4.90 Å². The molecule has 0 aromatic heterocycles. The number of aliphatic hydroxyl groups is 1. The molecule has 1 fully saturated rings. The molecule has 0 aliphatic carbocycles. The Morgan fingerprint density at radius 2 is 1.86 bits per heavy atom. The van der Waals surface area contributed by atoms with Crippen LogP contribution < -0.4 is 0 Å². The minimum Gasteiger partial charge on any atom is -0.492 e. The van der Waals surface area contributed by atoms with E-state index in [0.29, 0.717) is 32.5 Å². The fraction of sp³-hybridized carbons (Fsp3) is 0.625. The lowest BCUT2D eigenvalue weighted by Gasteiger charge is -2.38. The molecule has 0 radical (unpaired) electrons. The average Bonchev–Trinajstić information content (AvgIpc) is 2.40. The first-order valence-corrected chi connectivity index (χ1v) is 7.26. The highest BCUT2D eigenvalue weighted by molar-refractivity contribution is 5.27. The number of hydrogen-bond acceptors (Lipinski definition) is 3. The Labute approximate surface area is 129 Å². The van der Waals surface area contributed by atoms with Gasteiger partial charge >= 0.3 is 6.18 Å². The van der Waals surface area contributed by atoms with Crippen LogP contribution in [-0.2, 0) is 4.74 Å². The summed E-state index contributed by atoms with van der Waals surface area (Å²) in [6.45, 7) is 12.2. The van der Waals surface area contributed by atoms with Crippen molar-refractivity contribution in [2.24, 2.45) is 0 Å². The maximum Gasteiger partial charge on any atom is 0.419 e. The van der Waals surface area contributed by atoms with Crippen molar-refractivity contribution in [3.8, 4) is 0 Å². The lowest BCUT2D eigenvalue weighted by molar-refractivity contribution is -0.0942. The van der Waals surface area contributed by atoms with Crippen LogP contribution in [0.5, 0.6) is 0 Å². The summed E-state index contributed by atoms with van der Waals surface area (Å²) in [5.41, 5.74) is -0.919. The smallest absolute Gasteiger partial charge is 0.419 e. The minimum absolute atomic E-state index is 0.137. The molecule has 1 aliphatic heterocycles. The van der Waals surface area contributed by atoms with E-state index in [4.69, 9.17) is 4.74 Å². The summed E-state index contributed by atoms with van der Waals surface area (Å²) in [6, 6.07) is 0. The zero-order valence-electron chi connectivity index (χ0n) is 13.2. The fourth-order valence-electron chi connectivity index (χ4n) is 2.43. The number of rotatable bonds is 6. The lowest BCUT2D eigenvalue weighted by atomic mass is 9.86. The summed E-state index contributed by atoms with van der Waals surface area (Å²) < 4.78 is 43.1. The second kappa shape index (κ2) is 7.33. The third kappa shape index (κ3) is 4.88. The van der Waals surface area contributed by atoms with E-state index in [1.165, 1.54) is 6.92 Å². The molecule has 6 heteroatoms. The van der Waals surface area contributed by atoms with Crippen molar-refractivity contribution in [1.82, 2.24) is 4.90 Å². The van der Waals surface area contributed by atoms with E-state index >= 15 is 0 Å². The van der Waals surface area contributed by atoms with Gasteiger partial charge in [-0.2, -0.15) is 13.2 Å². The van der Waals surface area contributed by atoms with Crippen molar-refractivity contribution >= 4 is 0 Å². The molecule has 0 spiro atoms. The van der Waals surface area contributed by atoms with Crippen molar-refractivity contribution in [2.75, 3.05) is 26.2 Å². The highest BCUT2D eigenvalue weighted by atomic mass is 19.4. The van der Waals surface area contributed by atoms with Gasteiger partial charge in [0, 0.05) is 19.6 Å². The Morgan fingerprint density at radius 3 is 2.27 bits per heavy atom. The van der Waals surface area contributed by atoms with E-state index in [9.17, 15) is 18.3 Å². The van der Waals surface area contributed by atoms with Crippen LogP contribution in [0, 0.1) is 0 Å². The number of likely N-dealkylation sites (tertiary alicyclic amines) is 1. The summed E-state index contributed by atoms with van der Waals surface area (Å²) in [6.07, 6.45) is -2.34. The quantitative estimate of drug-likeness (QED) is 0.462. The molecule has 0 saturated carbocycles. The van der Waals surface area contributed by atoms with Crippen molar-refractivity contribution in [3.63, 3.8) is 0 Å². The molecule has 22 heavy (non-hydrogen) atoms. The van der Waals surface area contributed by atoms with Crippen LogP contribution in [-0.4, -0.2) is 48.0 Å². The first kappa shape index (κ1) is 18.8. The number of nitrogens with zero attached hydrogens (tertiary/aromatic N) is 1. The molecule has 1 heterocycles. The molecule has 0 unspecified atom stereocenters. The minimum atomic E-state index is -4.45. The molecular formula is C16H24F3NO2. The Kier molecular flexibility index (Phi) is 6.26. The molecule has 0 atom stereocenters. The van der Waals surface area contributed by atoms with Gasteiger partial charge in [-0.05, 0) is 32.3 Å². The van der Waals surface area contributed by atoms with Gasteiger partial charge < -0.3 is 9.84 Å². The standard InChI is InChI=1S/C16H24F3NO2/c1-5-14(16(17,18)19)13(4)22-11-10-20-8-6-15(21,7-9-20)12(2)3/h5,21H,2,4,6-11H2,1,3H3/b14-5+. The predicted octanol–water partition coefficient (Wildman–Crippen LogP) is 3.43. The normalized spacial score (nSPS) is 19.8. The number of allylic oxidation sites excluding steroid dienone is 2. The Morgan fingerprint density at radius 1 is 1.32 bits per heavy atom. The zero-order valence-corrected chi connectivity index (χ0v) is 13.2. The summed E-state index contributed by atoms with van der Waals surface area (Å²) in [5.74, 6) is -0.356. The van der Waals surface area contributed by atoms with Crippen LogP contribution in [0.15, 0.2) is 36.1 Å². The lowest BCUT2D eigenvalue weighted by Crippen LogP contribution is -2.45. The highest BCUT2D eigenvalue weighted by Gasteiger charge is 2.36. The second-order valence-corrected chi connectivity index (χ2v) is 5.63. The molecule has 1 rings (SSSR count). The van der Waals surface area contributed by atoms with Gasteiger partial charge in [-0.1, -0.05) is 19.2 Å². The van der Waals surface area contributed by atoms with Crippen LogP contribution in [0.3, 0.4) is 0 Å². The molecule has 1 aliphatic rings. The summed E-state index contributed by atoms with van der Waals surface area (Å²) in [4.78, 5) is 2.05. The summed E-state index contributed by atoms with van der Waals surface area (Å²) in [7, 11) is 0. The molecule has 126 valence electrons. The van der Waals surface area contributed by atoms with Crippen molar-refractivity contribution in [2.45, 2.75) is 38.5 Å². The van der Waals surface area contributed by atoms with Crippen molar-refractivity contribution < 1.29 is 23.0 Å². The monoisotopic (exact) mass is 319 g/mol.